The summed E-state index contributed by atoms with van der Waals surface area (Å²) in [6.45, 7) is 0. The van der Waals surface area contributed by atoms with Gasteiger partial charge in [0.15, 0.2) is 23.1 Å². The second-order valence-electron chi connectivity index (χ2n) is 16.3. The molecule has 0 fully saturated rings. The zero-order valence-corrected chi connectivity index (χ0v) is 34.9. The normalized spacial score (nSPS) is 12.1. The molecule has 0 radical (unpaired) electrons. The van der Waals surface area contributed by atoms with E-state index < -0.39 is 0 Å². The summed E-state index contributed by atoms with van der Waals surface area (Å²) in [5, 5.41) is 9.36. The Balaban J connectivity index is 0.989. The Morgan fingerprint density at radius 3 is 1.69 bits per heavy atom. The quantitative estimate of drug-likeness (QED) is 0.173. The Bertz CT molecular complexity index is 4140. The summed E-state index contributed by atoms with van der Waals surface area (Å²) in [4.78, 5) is 15.3. The Morgan fingerprint density at radius 1 is 0.375 bits per heavy atom. The fourth-order valence-corrected chi connectivity index (χ4v) is 11.3. The van der Waals surface area contributed by atoms with Gasteiger partial charge in [-0.25, -0.2) is 15.0 Å². The molecule has 0 aliphatic rings. The van der Waals surface area contributed by atoms with Gasteiger partial charge in [0, 0.05) is 70.2 Å². The standard InChI is InChI=1S/C57H33N5OS/c1-3-15-34(16-4-1)55-58-56(35-17-5-2-6-18-35)60-57(59-55)44-24-13-22-42-43-23-14-27-49(54(43)64-53(42)44)62-47-26-11-8-20-38(47)45-33-36(29-32-48(45)62)61-46-25-10-7-19-37(46)40-30-31-41-39-21-9-12-28-50(39)63-52(41)51(40)61/h1-33H. The van der Waals surface area contributed by atoms with Gasteiger partial charge in [-0.1, -0.05) is 146 Å². The van der Waals surface area contributed by atoms with Crippen molar-refractivity contribution in [2.45, 2.75) is 0 Å². The molecule has 0 saturated carbocycles. The fraction of sp³-hybridized carbons (Fsp3) is 0. The van der Waals surface area contributed by atoms with E-state index in [1.54, 1.807) is 11.3 Å². The van der Waals surface area contributed by atoms with Gasteiger partial charge in [-0.05, 0) is 54.6 Å². The summed E-state index contributed by atoms with van der Waals surface area (Å²) < 4.78 is 13.9. The first-order valence-electron chi connectivity index (χ1n) is 21.4. The maximum atomic E-state index is 6.70. The predicted octanol–water partition coefficient (Wildman–Crippen LogP) is 15.3. The van der Waals surface area contributed by atoms with Crippen molar-refractivity contribution in [2.75, 3.05) is 0 Å². The van der Waals surface area contributed by atoms with Crippen LogP contribution in [0.4, 0.5) is 0 Å². The van der Waals surface area contributed by atoms with E-state index in [4.69, 9.17) is 19.4 Å². The smallest absolute Gasteiger partial charge is 0.165 e. The molecule has 7 heteroatoms. The van der Waals surface area contributed by atoms with E-state index in [9.17, 15) is 0 Å². The minimum atomic E-state index is 0.649. The van der Waals surface area contributed by atoms with Crippen molar-refractivity contribution in [2.24, 2.45) is 0 Å². The first-order chi connectivity index (χ1) is 31.7. The molecule has 0 aliphatic carbocycles. The van der Waals surface area contributed by atoms with Gasteiger partial charge in [-0.15, -0.1) is 11.3 Å². The first-order valence-corrected chi connectivity index (χ1v) is 22.3. The lowest BCUT2D eigenvalue weighted by atomic mass is 10.1. The molecular weight excluding hydrogens is 803 g/mol. The molecule has 298 valence electrons. The van der Waals surface area contributed by atoms with Crippen LogP contribution in [0.15, 0.2) is 205 Å². The summed E-state index contributed by atoms with van der Waals surface area (Å²) >= 11 is 1.80. The molecule has 64 heavy (non-hydrogen) atoms. The molecule has 0 aliphatic heterocycles. The van der Waals surface area contributed by atoms with E-state index >= 15 is 0 Å². The van der Waals surface area contributed by atoms with E-state index in [0.29, 0.717) is 17.5 Å². The Labute approximate surface area is 369 Å². The van der Waals surface area contributed by atoms with Crippen LogP contribution in [-0.2, 0) is 0 Å². The van der Waals surface area contributed by atoms with E-state index in [-0.39, 0.29) is 0 Å². The molecular formula is C57H33N5OS. The summed E-state index contributed by atoms with van der Waals surface area (Å²) in [5.41, 5.74) is 11.4. The van der Waals surface area contributed by atoms with Crippen LogP contribution in [0, 0.1) is 0 Å². The first kappa shape index (κ1) is 35.2. The third-order valence-corrected chi connectivity index (χ3v) is 14.1. The van der Waals surface area contributed by atoms with E-state index in [1.807, 2.05) is 42.5 Å². The Morgan fingerprint density at radius 2 is 0.938 bits per heavy atom. The van der Waals surface area contributed by atoms with Gasteiger partial charge < -0.3 is 13.6 Å². The number of nitrogens with zero attached hydrogens (tertiary/aromatic N) is 5. The highest BCUT2D eigenvalue weighted by Crippen LogP contribution is 2.45. The van der Waals surface area contributed by atoms with Crippen LogP contribution in [0.1, 0.15) is 0 Å². The van der Waals surface area contributed by atoms with Gasteiger partial charge in [0.1, 0.15) is 5.58 Å². The molecule has 0 amide bonds. The summed E-state index contributed by atoms with van der Waals surface area (Å²) in [6, 6.07) is 70.7. The van der Waals surface area contributed by atoms with Crippen LogP contribution in [0.5, 0.6) is 0 Å². The minimum Gasteiger partial charge on any atom is -0.454 e. The molecule has 5 aromatic heterocycles. The lowest BCUT2D eigenvalue weighted by Crippen LogP contribution is -2.00. The van der Waals surface area contributed by atoms with Crippen LogP contribution < -0.4 is 0 Å². The number of benzene rings is 9. The lowest BCUT2D eigenvalue weighted by molar-refractivity contribution is 0.671. The molecule has 0 bridgehead atoms. The SMILES string of the molecule is c1ccc(-c2nc(-c3ccccc3)nc(-c3cccc4c3sc3c(-n5c6ccccc6c6cc(-n7c8ccccc8c8ccc9c%10ccccc%10oc9c87)ccc65)cccc34)n2)cc1. The van der Waals surface area contributed by atoms with Gasteiger partial charge >= 0.3 is 0 Å². The number of furan rings is 1. The van der Waals surface area contributed by atoms with Crippen molar-refractivity contribution in [1.82, 2.24) is 24.1 Å². The summed E-state index contributed by atoms with van der Waals surface area (Å²) in [6.07, 6.45) is 0. The van der Waals surface area contributed by atoms with Gasteiger partial charge in [-0.3, -0.25) is 0 Å². The second-order valence-corrected chi connectivity index (χ2v) is 17.3. The molecule has 14 aromatic rings. The molecule has 5 heterocycles. The molecule has 0 atom stereocenters. The summed E-state index contributed by atoms with van der Waals surface area (Å²) in [5.74, 6) is 1.95. The largest absolute Gasteiger partial charge is 0.454 e. The average molecular weight is 836 g/mol. The lowest BCUT2D eigenvalue weighted by Gasteiger charge is -2.11. The van der Waals surface area contributed by atoms with Crippen molar-refractivity contribution in [3.8, 4) is 45.5 Å². The third kappa shape index (κ3) is 5.10. The highest BCUT2D eigenvalue weighted by molar-refractivity contribution is 7.26. The maximum absolute atomic E-state index is 6.70. The fourth-order valence-electron chi connectivity index (χ4n) is 9.95. The number of thiophene rings is 1. The number of hydrogen-bond acceptors (Lipinski definition) is 5. The monoisotopic (exact) mass is 835 g/mol. The maximum Gasteiger partial charge on any atom is 0.165 e. The van der Waals surface area contributed by atoms with Crippen LogP contribution in [0.3, 0.4) is 0 Å². The zero-order chi connectivity index (χ0) is 41.9. The van der Waals surface area contributed by atoms with E-state index in [2.05, 4.69) is 167 Å². The number of fused-ring (bicyclic) bond motifs is 13. The van der Waals surface area contributed by atoms with Crippen LogP contribution in [-0.4, -0.2) is 24.1 Å². The van der Waals surface area contributed by atoms with Gasteiger partial charge in [0.05, 0.1) is 32.5 Å². The molecule has 9 aromatic carbocycles. The van der Waals surface area contributed by atoms with Crippen molar-refractivity contribution in [1.29, 1.82) is 0 Å². The van der Waals surface area contributed by atoms with Crippen molar-refractivity contribution < 1.29 is 4.42 Å². The Kier molecular flexibility index (Phi) is 7.46. The molecule has 0 unspecified atom stereocenters. The number of hydrogen-bond donors (Lipinski definition) is 0. The number of rotatable bonds is 5. The van der Waals surface area contributed by atoms with Crippen molar-refractivity contribution in [3.05, 3.63) is 200 Å². The molecule has 0 spiro atoms. The van der Waals surface area contributed by atoms with E-state index in [0.717, 1.165) is 76.8 Å². The van der Waals surface area contributed by atoms with Crippen molar-refractivity contribution in [3.63, 3.8) is 0 Å². The van der Waals surface area contributed by atoms with Gasteiger partial charge in [-0.2, -0.15) is 0 Å². The number of aromatic nitrogens is 5. The molecule has 6 nitrogen and oxygen atoms in total. The van der Waals surface area contributed by atoms with Gasteiger partial charge in [0.2, 0.25) is 0 Å². The third-order valence-electron chi connectivity index (χ3n) is 12.8. The predicted molar refractivity (Wildman–Crippen MR) is 265 cm³/mol. The summed E-state index contributed by atoms with van der Waals surface area (Å²) in [7, 11) is 0. The molecule has 0 saturated heterocycles. The zero-order valence-electron chi connectivity index (χ0n) is 34.1. The topological polar surface area (TPSA) is 61.7 Å². The second kappa shape index (κ2) is 13.6. The van der Waals surface area contributed by atoms with Crippen LogP contribution in [0.2, 0.25) is 0 Å². The Hall–Kier alpha value is -8.39. The van der Waals surface area contributed by atoms with Crippen molar-refractivity contribution >= 4 is 97.1 Å². The van der Waals surface area contributed by atoms with E-state index in [1.165, 1.54) is 37.0 Å². The average Bonchev–Trinajstić information content (AvgIpc) is 4.12. The highest BCUT2D eigenvalue weighted by atomic mass is 32.1. The van der Waals surface area contributed by atoms with Crippen LogP contribution >= 0.6 is 11.3 Å². The minimum absolute atomic E-state index is 0.649. The van der Waals surface area contributed by atoms with Gasteiger partial charge in [0.25, 0.3) is 0 Å². The molecule has 0 N–H and O–H groups in total. The molecule has 14 rings (SSSR count). The van der Waals surface area contributed by atoms with Crippen LogP contribution in [0.25, 0.3) is 131 Å². The highest BCUT2D eigenvalue weighted by Gasteiger charge is 2.23. The number of para-hydroxylation sites is 3.